The number of hydrogen-bond donors (Lipinski definition) is 1. The molecule has 0 atom stereocenters. The summed E-state index contributed by atoms with van der Waals surface area (Å²) in [7, 11) is 2.22. The van der Waals surface area contributed by atoms with E-state index in [2.05, 4.69) is 49.3 Å². The van der Waals surface area contributed by atoms with Crippen LogP contribution in [0, 0.1) is 12.8 Å². The van der Waals surface area contributed by atoms with Gasteiger partial charge in [-0.1, -0.05) is 13.0 Å². The van der Waals surface area contributed by atoms with Gasteiger partial charge in [-0.3, -0.25) is 0 Å². The minimum absolute atomic E-state index is 0.840. The first-order valence-corrected chi connectivity index (χ1v) is 7.21. The molecule has 1 fully saturated rings. The maximum absolute atomic E-state index is 3.61. The standard InChI is InChI=1S/C16H26N2/c1-4-15-11-16(6-5-13(15)2)17-12-14-7-9-18(3)10-8-14/h5-6,11,14,17H,4,7-10,12H2,1-3H3. The van der Waals surface area contributed by atoms with E-state index in [1.165, 1.54) is 42.7 Å². The minimum atomic E-state index is 0.840. The number of benzene rings is 1. The van der Waals surface area contributed by atoms with Gasteiger partial charge in [0.1, 0.15) is 0 Å². The number of rotatable bonds is 4. The lowest BCUT2D eigenvalue weighted by Gasteiger charge is -2.29. The summed E-state index contributed by atoms with van der Waals surface area (Å²) in [4.78, 5) is 2.43. The van der Waals surface area contributed by atoms with E-state index >= 15 is 0 Å². The predicted molar refractivity (Wildman–Crippen MR) is 79.3 cm³/mol. The van der Waals surface area contributed by atoms with Crippen LogP contribution >= 0.6 is 0 Å². The number of aryl methyl sites for hydroxylation is 2. The lowest BCUT2D eigenvalue weighted by molar-refractivity contribution is 0.226. The summed E-state index contributed by atoms with van der Waals surface area (Å²) in [6.45, 7) is 8.05. The number of anilines is 1. The summed E-state index contributed by atoms with van der Waals surface area (Å²) >= 11 is 0. The zero-order valence-corrected chi connectivity index (χ0v) is 12.0. The molecule has 0 spiro atoms. The van der Waals surface area contributed by atoms with Crippen molar-refractivity contribution in [2.24, 2.45) is 5.92 Å². The van der Waals surface area contributed by atoms with Gasteiger partial charge < -0.3 is 10.2 Å². The Morgan fingerprint density at radius 1 is 1.28 bits per heavy atom. The molecular weight excluding hydrogens is 220 g/mol. The SMILES string of the molecule is CCc1cc(NCC2CCN(C)CC2)ccc1C. The van der Waals surface area contributed by atoms with E-state index in [-0.39, 0.29) is 0 Å². The molecule has 100 valence electrons. The van der Waals surface area contributed by atoms with E-state index < -0.39 is 0 Å². The second-order valence-electron chi connectivity index (χ2n) is 5.62. The van der Waals surface area contributed by atoms with Gasteiger partial charge in [0, 0.05) is 12.2 Å². The van der Waals surface area contributed by atoms with E-state index in [4.69, 9.17) is 0 Å². The van der Waals surface area contributed by atoms with Crippen LogP contribution in [0.25, 0.3) is 0 Å². The van der Waals surface area contributed by atoms with Crippen molar-refractivity contribution in [3.8, 4) is 0 Å². The third kappa shape index (κ3) is 3.49. The highest BCUT2D eigenvalue weighted by atomic mass is 15.1. The fraction of sp³-hybridized carbons (Fsp3) is 0.625. The topological polar surface area (TPSA) is 15.3 Å². The Kier molecular flexibility index (Phi) is 4.65. The van der Waals surface area contributed by atoms with Crippen LogP contribution in [0.15, 0.2) is 18.2 Å². The van der Waals surface area contributed by atoms with Gasteiger partial charge in [0.2, 0.25) is 0 Å². The van der Waals surface area contributed by atoms with Gasteiger partial charge in [0.25, 0.3) is 0 Å². The smallest absolute Gasteiger partial charge is 0.0343 e. The van der Waals surface area contributed by atoms with Crippen LogP contribution in [-0.4, -0.2) is 31.6 Å². The fourth-order valence-electron chi connectivity index (χ4n) is 2.69. The summed E-state index contributed by atoms with van der Waals surface area (Å²) in [5.41, 5.74) is 4.15. The van der Waals surface area contributed by atoms with Crippen LogP contribution in [-0.2, 0) is 6.42 Å². The molecule has 2 rings (SSSR count). The minimum Gasteiger partial charge on any atom is -0.385 e. The van der Waals surface area contributed by atoms with Crippen molar-refractivity contribution in [2.75, 3.05) is 32.0 Å². The number of likely N-dealkylation sites (tertiary alicyclic amines) is 1. The molecule has 2 nitrogen and oxygen atoms in total. The van der Waals surface area contributed by atoms with E-state index in [9.17, 15) is 0 Å². The molecule has 0 radical (unpaired) electrons. The molecular formula is C16H26N2. The van der Waals surface area contributed by atoms with Crippen LogP contribution in [0.1, 0.15) is 30.9 Å². The number of nitrogens with zero attached hydrogens (tertiary/aromatic N) is 1. The molecule has 1 aromatic carbocycles. The largest absolute Gasteiger partial charge is 0.385 e. The molecule has 2 heteroatoms. The van der Waals surface area contributed by atoms with Crippen LogP contribution in [0.4, 0.5) is 5.69 Å². The van der Waals surface area contributed by atoms with Gasteiger partial charge in [0.05, 0.1) is 0 Å². The molecule has 1 N–H and O–H groups in total. The highest BCUT2D eigenvalue weighted by Crippen LogP contribution is 2.19. The van der Waals surface area contributed by atoms with Gasteiger partial charge in [-0.15, -0.1) is 0 Å². The predicted octanol–water partition coefficient (Wildman–Crippen LogP) is 3.31. The van der Waals surface area contributed by atoms with Gasteiger partial charge >= 0.3 is 0 Å². The van der Waals surface area contributed by atoms with E-state index in [0.717, 1.165) is 18.9 Å². The lowest BCUT2D eigenvalue weighted by atomic mass is 9.97. The molecule has 0 aliphatic carbocycles. The molecule has 0 unspecified atom stereocenters. The van der Waals surface area contributed by atoms with Crippen molar-refractivity contribution in [1.29, 1.82) is 0 Å². The van der Waals surface area contributed by atoms with Crippen molar-refractivity contribution in [1.82, 2.24) is 4.90 Å². The molecule has 18 heavy (non-hydrogen) atoms. The first-order valence-electron chi connectivity index (χ1n) is 7.21. The molecule has 0 bridgehead atoms. The molecule has 0 aromatic heterocycles. The summed E-state index contributed by atoms with van der Waals surface area (Å²) < 4.78 is 0. The summed E-state index contributed by atoms with van der Waals surface area (Å²) in [5.74, 6) is 0.840. The van der Waals surface area contributed by atoms with Gasteiger partial charge in [-0.25, -0.2) is 0 Å². The van der Waals surface area contributed by atoms with Crippen molar-refractivity contribution in [3.05, 3.63) is 29.3 Å². The van der Waals surface area contributed by atoms with E-state index in [0.29, 0.717) is 0 Å². The second kappa shape index (κ2) is 6.24. The van der Waals surface area contributed by atoms with Crippen LogP contribution in [0.5, 0.6) is 0 Å². The molecule has 1 saturated heterocycles. The molecule has 0 amide bonds. The first-order chi connectivity index (χ1) is 8.69. The maximum atomic E-state index is 3.61. The highest BCUT2D eigenvalue weighted by molar-refractivity contribution is 5.48. The summed E-state index contributed by atoms with van der Waals surface area (Å²) in [6.07, 6.45) is 3.78. The molecule has 1 heterocycles. The van der Waals surface area contributed by atoms with Crippen molar-refractivity contribution in [3.63, 3.8) is 0 Å². The fourth-order valence-corrected chi connectivity index (χ4v) is 2.69. The average Bonchev–Trinajstić information content (AvgIpc) is 2.39. The van der Waals surface area contributed by atoms with Gasteiger partial charge in [0.15, 0.2) is 0 Å². The first kappa shape index (κ1) is 13.4. The third-order valence-corrected chi connectivity index (χ3v) is 4.16. The zero-order chi connectivity index (χ0) is 13.0. The molecule has 1 aliphatic rings. The van der Waals surface area contributed by atoms with Crippen molar-refractivity contribution >= 4 is 5.69 Å². The van der Waals surface area contributed by atoms with Crippen LogP contribution in [0.3, 0.4) is 0 Å². The maximum Gasteiger partial charge on any atom is 0.0343 e. The van der Waals surface area contributed by atoms with E-state index in [1.807, 2.05) is 0 Å². The second-order valence-corrected chi connectivity index (χ2v) is 5.62. The Morgan fingerprint density at radius 3 is 2.67 bits per heavy atom. The Morgan fingerprint density at radius 2 is 2.00 bits per heavy atom. The lowest BCUT2D eigenvalue weighted by Crippen LogP contribution is -2.32. The van der Waals surface area contributed by atoms with Gasteiger partial charge in [-0.05, 0) is 75.5 Å². The Labute approximate surface area is 111 Å². The van der Waals surface area contributed by atoms with E-state index in [1.54, 1.807) is 0 Å². The third-order valence-electron chi connectivity index (χ3n) is 4.16. The van der Waals surface area contributed by atoms with Crippen LogP contribution < -0.4 is 5.32 Å². The van der Waals surface area contributed by atoms with Crippen LogP contribution in [0.2, 0.25) is 0 Å². The highest BCUT2D eigenvalue weighted by Gasteiger charge is 2.16. The Balaban J connectivity index is 1.86. The number of piperidine rings is 1. The average molecular weight is 246 g/mol. The monoisotopic (exact) mass is 246 g/mol. The molecule has 1 aromatic rings. The quantitative estimate of drug-likeness (QED) is 0.877. The normalized spacial score (nSPS) is 17.9. The summed E-state index contributed by atoms with van der Waals surface area (Å²) in [5, 5.41) is 3.61. The summed E-state index contributed by atoms with van der Waals surface area (Å²) in [6, 6.07) is 6.75. The number of hydrogen-bond acceptors (Lipinski definition) is 2. The Hall–Kier alpha value is -1.02. The van der Waals surface area contributed by atoms with Crippen molar-refractivity contribution < 1.29 is 0 Å². The molecule has 1 aliphatic heterocycles. The van der Waals surface area contributed by atoms with Crippen molar-refractivity contribution in [2.45, 2.75) is 33.1 Å². The van der Waals surface area contributed by atoms with Gasteiger partial charge in [-0.2, -0.15) is 0 Å². The zero-order valence-electron chi connectivity index (χ0n) is 12.0. The Bertz CT molecular complexity index is 379. The number of nitrogens with one attached hydrogen (secondary N) is 1. The molecule has 0 saturated carbocycles.